The smallest absolute Gasteiger partial charge is 0.269 e. The number of thiophene rings is 1. The average Bonchev–Trinajstić information content (AvgIpc) is 3.15. The maximum Gasteiger partial charge on any atom is 0.269 e. The molecule has 2 aromatic rings. The van der Waals surface area contributed by atoms with Crippen LogP contribution in [0.4, 0.5) is 10.7 Å². The number of hydrogen-bond acceptors (Lipinski definition) is 6. The predicted octanol–water partition coefficient (Wildman–Crippen LogP) is 2.65. The van der Waals surface area contributed by atoms with E-state index in [4.69, 9.17) is 10.5 Å². The quantitative estimate of drug-likeness (QED) is 0.593. The number of nitrogens with zero attached hydrogens (tertiary/aromatic N) is 1. The first-order valence-corrected chi connectivity index (χ1v) is 8.84. The molecule has 9 heteroatoms. The van der Waals surface area contributed by atoms with Crippen molar-refractivity contribution in [3.63, 3.8) is 0 Å². The highest BCUT2D eigenvalue weighted by molar-refractivity contribution is 7.17. The van der Waals surface area contributed by atoms with Crippen molar-refractivity contribution in [3.05, 3.63) is 50.4 Å². The molecule has 26 heavy (non-hydrogen) atoms. The molecule has 1 heterocycles. The minimum atomic E-state index is -0.853. The number of primary amides is 1. The number of fused-ring (bicyclic) bond motifs is 1. The van der Waals surface area contributed by atoms with Gasteiger partial charge in [0.25, 0.3) is 17.5 Å². The summed E-state index contributed by atoms with van der Waals surface area (Å²) in [6.07, 6.45) is 1.80. The van der Waals surface area contributed by atoms with E-state index in [-0.39, 0.29) is 5.69 Å². The number of nitro benzene ring substituents is 1. The van der Waals surface area contributed by atoms with Crippen molar-refractivity contribution >= 4 is 33.8 Å². The monoisotopic (exact) mass is 375 g/mol. The number of nitro groups is 1. The highest BCUT2D eigenvalue weighted by atomic mass is 32.1. The van der Waals surface area contributed by atoms with Crippen molar-refractivity contribution in [1.29, 1.82) is 0 Å². The molecule has 1 unspecified atom stereocenters. The number of nitrogens with one attached hydrogen (secondary N) is 1. The first-order valence-electron chi connectivity index (χ1n) is 8.03. The molecule has 8 nitrogen and oxygen atoms in total. The van der Waals surface area contributed by atoms with Crippen molar-refractivity contribution in [2.24, 2.45) is 5.73 Å². The van der Waals surface area contributed by atoms with Crippen LogP contribution in [0.15, 0.2) is 24.3 Å². The molecule has 3 rings (SSSR count). The number of benzene rings is 1. The molecule has 1 atom stereocenters. The summed E-state index contributed by atoms with van der Waals surface area (Å²) in [6.45, 7) is 1.56. The minimum absolute atomic E-state index is 0.0614. The fourth-order valence-corrected chi connectivity index (χ4v) is 4.17. The molecule has 0 spiro atoms. The number of aryl methyl sites for hydroxylation is 1. The van der Waals surface area contributed by atoms with Crippen molar-refractivity contribution in [2.75, 3.05) is 5.32 Å². The summed E-state index contributed by atoms with van der Waals surface area (Å²) >= 11 is 1.37. The van der Waals surface area contributed by atoms with Gasteiger partial charge in [-0.1, -0.05) is 0 Å². The third-order valence-corrected chi connectivity index (χ3v) is 5.34. The lowest BCUT2D eigenvalue weighted by Gasteiger charge is -2.14. The second-order valence-corrected chi connectivity index (χ2v) is 7.03. The molecule has 0 fully saturated rings. The van der Waals surface area contributed by atoms with Crippen molar-refractivity contribution in [2.45, 2.75) is 32.3 Å². The number of rotatable bonds is 6. The van der Waals surface area contributed by atoms with Crippen molar-refractivity contribution in [1.82, 2.24) is 0 Å². The molecule has 1 aliphatic rings. The summed E-state index contributed by atoms with van der Waals surface area (Å²) in [6, 6.07) is 5.46. The number of ether oxygens (including phenoxy) is 1. The van der Waals surface area contributed by atoms with E-state index in [2.05, 4.69) is 5.32 Å². The molecule has 136 valence electrons. The Balaban J connectivity index is 1.70. The maximum atomic E-state index is 12.4. The number of amides is 2. The lowest BCUT2D eigenvalue weighted by atomic mass is 10.1. The molecule has 1 aromatic heterocycles. The number of hydrogen-bond donors (Lipinski definition) is 2. The second kappa shape index (κ2) is 7.12. The van der Waals surface area contributed by atoms with Gasteiger partial charge in [0.15, 0.2) is 6.10 Å². The topological polar surface area (TPSA) is 125 Å². The summed E-state index contributed by atoms with van der Waals surface area (Å²) in [5.74, 6) is -0.642. The highest BCUT2D eigenvalue weighted by Gasteiger charge is 2.27. The van der Waals surface area contributed by atoms with Gasteiger partial charge in [-0.05, 0) is 43.9 Å². The van der Waals surface area contributed by atoms with E-state index >= 15 is 0 Å². The maximum absolute atomic E-state index is 12.4. The zero-order chi connectivity index (χ0) is 18.8. The van der Waals surface area contributed by atoms with Crippen LogP contribution < -0.4 is 15.8 Å². The Morgan fingerprint density at radius 1 is 1.31 bits per heavy atom. The summed E-state index contributed by atoms with van der Waals surface area (Å²) in [5.41, 5.74) is 6.73. The summed E-state index contributed by atoms with van der Waals surface area (Å²) in [5, 5.41) is 13.8. The lowest BCUT2D eigenvalue weighted by Crippen LogP contribution is -2.30. The Bertz CT molecular complexity index is 875. The lowest BCUT2D eigenvalue weighted by molar-refractivity contribution is -0.384. The van der Waals surface area contributed by atoms with E-state index in [9.17, 15) is 19.7 Å². The minimum Gasteiger partial charge on any atom is -0.481 e. The van der Waals surface area contributed by atoms with E-state index in [1.54, 1.807) is 6.92 Å². The zero-order valence-electron chi connectivity index (χ0n) is 14.0. The molecular formula is C17H17N3O5S. The summed E-state index contributed by atoms with van der Waals surface area (Å²) < 4.78 is 5.51. The fourth-order valence-electron chi connectivity index (χ4n) is 2.87. The molecule has 0 aliphatic heterocycles. The van der Waals surface area contributed by atoms with Crippen molar-refractivity contribution < 1.29 is 19.2 Å². The van der Waals surface area contributed by atoms with Crippen LogP contribution in [0.1, 0.15) is 34.1 Å². The van der Waals surface area contributed by atoms with Gasteiger partial charge in [-0.15, -0.1) is 11.3 Å². The fraction of sp³-hybridized carbons (Fsp3) is 0.294. The largest absolute Gasteiger partial charge is 0.481 e. The van der Waals surface area contributed by atoms with Crippen LogP contribution in [0.2, 0.25) is 0 Å². The summed E-state index contributed by atoms with van der Waals surface area (Å²) in [7, 11) is 0. The Morgan fingerprint density at radius 3 is 2.62 bits per heavy atom. The molecule has 2 amide bonds. The predicted molar refractivity (Wildman–Crippen MR) is 96.7 cm³/mol. The average molecular weight is 375 g/mol. The highest BCUT2D eigenvalue weighted by Crippen LogP contribution is 2.38. The molecule has 0 bridgehead atoms. The zero-order valence-corrected chi connectivity index (χ0v) is 14.8. The van der Waals surface area contributed by atoms with Crippen LogP contribution in [0.5, 0.6) is 5.75 Å². The number of non-ortho nitro benzene ring substituents is 1. The number of carbonyl (C=O) groups excluding carboxylic acids is 2. The van der Waals surface area contributed by atoms with E-state index in [1.165, 1.54) is 35.6 Å². The molecule has 0 saturated carbocycles. The van der Waals surface area contributed by atoms with Gasteiger partial charge in [-0.3, -0.25) is 19.7 Å². The third kappa shape index (κ3) is 3.52. The molecular weight excluding hydrogens is 358 g/mol. The number of anilines is 1. The molecule has 1 aromatic carbocycles. The first-order chi connectivity index (χ1) is 12.4. The number of carbonyl (C=O) groups is 2. The molecule has 1 aliphatic carbocycles. The third-order valence-electron chi connectivity index (χ3n) is 4.13. The van der Waals surface area contributed by atoms with E-state index < -0.39 is 22.8 Å². The second-order valence-electron chi connectivity index (χ2n) is 5.93. The van der Waals surface area contributed by atoms with Gasteiger partial charge in [0, 0.05) is 17.0 Å². The molecule has 3 N–H and O–H groups in total. The Morgan fingerprint density at radius 2 is 2.00 bits per heavy atom. The first kappa shape index (κ1) is 17.9. The molecule has 0 radical (unpaired) electrons. The van der Waals surface area contributed by atoms with Gasteiger partial charge in [-0.2, -0.15) is 0 Å². The standard InChI is InChI=1S/C17H17N3O5S/c1-9(25-11-7-5-10(6-8-11)20(23)24)16(22)19-17-14(15(18)21)12-3-2-4-13(12)26-17/h5-9H,2-4H2,1H3,(H2,18,21)(H,19,22). The van der Waals surface area contributed by atoms with Gasteiger partial charge in [-0.25, -0.2) is 0 Å². The van der Waals surface area contributed by atoms with Crippen LogP contribution in [0.25, 0.3) is 0 Å². The van der Waals surface area contributed by atoms with E-state index in [1.807, 2.05) is 0 Å². The van der Waals surface area contributed by atoms with Crippen LogP contribution in [-0.2, 0) is 17.6 Å². The van der Waals surface area contributed by atoms with Crippen LogP contribution >= 0.6 is 11.3 Å². The normalized spacial score (nSPS) is 13.7. The van der Waals surface area contributed by atoms with Gasteiger partial charge >= 0.3 is 0 Å². The van der Waals surface area contributed by atoms with Gasteiger partial charge in [0.1, 0.15) is 10.8 Å². The van der Waals surface area contributed by atoms with Gasteiger partial charge < -0.3 is 15.8 Å². The van der Waals surface area contributed by atoms with E-state index in [0.29, 0.717) is 16.3 Å². The van der Waals surface area contributed by atoms with Crippen LogP contribution in [-0.4, -0.2) is 22.8 Å². The van der Waals surface area contributed by atoms with E-state index in [0.717, 1.165) is 29.7 Å². The van der Waals surface area contributed by atoms with Crippen LogP contribution in [0, 0.1) is 10.1 Å². The van der Waals surface area contributed by atoms with Crippen LogP contribution in [0.3, 0.4) is 0 Å². The number of nitrogens with two attached hydrogens (primary N) is 1. The summed E-state index contributed by atoms with van der Waals surface area (Å²) in [4.78, 5) is 35.4. The Labute approximate surface area is 153 Å². The van der Waals surface area contributed by atoms with Gasteiger partial charge in [0.2, 0.25) is 0 Å². The SMILES string of the molecule is CC(Oc1ccc([N+](=O)[O-])cc1)C(=O)Nc1sc2c(c1C(N)=O)CCC2. The van der Waals surface area contributed by atoms with Gasteiger partial charge in [0.05, 0.1) is 10.5 Å². The van der Waals surface area contributed by atoms with Crippen molar-refractivity contribution in [3.8, 4) is 5.75 Å². The molecule has 0 saturated heterocycles. The Kier molecular flexibility index (Phi) is 4.90. The Hall–Kier alpha value is -2.94.